The minimum atomic E-state index is -0.630. The van der Waals surface area contributed by atoms with Gasteiger partial charge in [-0.05, 0) is 6.07 Å². The van der Waals surface area contributed by atoms with E-state index in [4.69, 9.17) is 9.47 Å². The summed E-state index contributed by atoms with van der Waals surface area (Å²) in [5.74, 6) is 0.384. The highest BCUT2D eigenvalue weighted by Crippen LogP contribution is 2.18. The summed E-state index contributed by atoms with van der Waals surface area (Å²) in [6.07, 6.45) is 0. The fourth-order valence-electron chi connectivity index (χ4n) is 1.35. The third-order valence-corrected chi connectivity index (χ3v) is 2.18. The third kappa shape index (κ3) is 2.90. The Kier molecular flexibility index (Phi) is 3.49. The molecular weight excluding hydrogens is 223 g/mol. The summed E-state index contributed by atoms with van der Waals surface area (Å²) >= 11 is 0. The second-order valence-electron chi connectivity index (χ2n) is 3.29. The molecule has 4 nitrogen and oxygen atoms in total. The molecule has 0 bridgehead atoms. The lowest BCUT2D eigenvalue weighted by molar-refractivity contribution is 0.280. The second-order valence-corrected chi connectivity index (χ2v) is 3.29. The second kappa shape index (κ2) is 5.25. The van der Waals surface area contributed by atoms with Gasteiger partial charge in [0.2, 0.25) is 11.8 Å². The van der Waals surface area contributed by atoms with E-state index in [9.17, 15) is 4.39 Å². The number of ether oxygens (including phenoxy) is 2. The molecule has 2 rings (SSSR count). The predicted molar refractivity (Wildman–Crippen MR) is 59.3 cm³/mol. The summed E-state index contributed by atoms with van der Waals surface area (Å²) < 4.78 is 23.1. The van der Waals surface area contributed by atoms with E-state index in [2.05, 4.69) is 10.2 Å². The average Bonchev–Trinajstić information content (AvgIpc) is 2.38. The molecule has 0 spiro atoms. The summed E-state index contributed by atoms with van der Waals surface area (Å²) in [6.45, 7) is 0.296. The van der Waals surface area contributed by atoms with Crippen LogP contribution in [0, 0.1) is 5.95 Å². The Morgan fingerprint density at radius 1 is 1.12 bits per heavy atom. The van der Waals surface area contributed by atoms with Crippen LogP contribution in [0.4, 0.5) is 4.39 Å². The molecule has 0 amide bonds. The van der Waals surface area contributed by atoms with Gasteiger partial charge in [-0.25, -0.2) is 0 Å². The summed E-state index contributed by atoms with van der Waals surface area (Å²) in [5.41, 5.74) is 0.890. The minimum absolute atomic E-state index is 0.275. The maximum Gasteiger partial charge on any atom is 0.233 e. The molecule has 0 aliphatic carbocycles. The number of nitrogens with zero attached hydrogens (tertiary/aromatic N) is 2. The average molecular weight is 234 g/mol. The molecule has 0 saturated heterocycles. The van der Waals surface area contributed by atoms with Gasteiger partial charge in [0, 0.05) is 17.7 Å². The molecule has 0 aliphatic heterocycles. The van der Waals surface area contributed by atoms with Gasteiger partial charge < -0.3 is 9.47 Å². The van der Waals surface area contributed by atoms with Crippen LogP contribution in [0.5, 0.6) is 11.6 Å². The Bertz CT molecular complexity index is 488. The van der Waals surface area contributed by atoms with Crippen molar-refractivity contribution in [3.8, 4) is 11.6 Å². The molecule has 0 saturated carbocycles. The fraction of sp³-hybridized carbons (Fsp3) is 0.167. The molecule has 0 unspecified atom stereocenters. The monoisotopic (exact) mass is 234 g/mol. The number of hydrogen-bond donors (Lipinski definition) is 0. The van der Waals surface area contributed by atoms with E-state index in [0.29, 0.717) is 6.61 Å². The largest absolute Gasteiger partial charge is 0.496 e. The molecule has 1 aromatic heterocycles. The Morgan fingerprint density at radius 2 is 1.94 bits per heavy atom. The van der Waals surface area contributed by atoms with Crippen molar-refractivity contribution in [3.63, 3.8) is 0 Å². The molecule has 0 aliphatic rings. The first-order chi connectivity index (χ1) is 8.29. The lowest BCUT2D eigenvalue weighted by atomic mass is 10.2. The van der Waals surface area contributed by atoms with Crippen LogP contribution in [0.1, 0.15) is 5.56 Å². The van der Waals surface area contributed by atoms with Gasteiger partial charge in [-0.2, -0.15) is 4.39 Å². The number of halogens is 1. The highest BCUT2D eigenvalue weighted by atomic mass is 19.1. The third-order valence-electron chi connectivity index (χ3n) is 2.18. The first-order valence-electron chi connectivity index (χ1n) is 5.03. The molecule has 2 aromatic rings. The zero-order valence-electron chi connectivity index (χ0n) is 9.26. The summed E-state index contributed by atoms with van der Waals surface area (Å²) in [4.78, 5) is 0. The van der Waals surface area contributed by atoms with E-state index >= 15 is 0 Å². The van der Waals surface area contributed by atoms with Crippen LogP contribution in [-0.2, 0) is 6.61 Å². The number of para-hydroxylation sites is 1. The van der Waals surface area contributed by atoms with Crippen LogP contribution in [0.3, 0.4) is 0 Å². The van der Waals surface area contributed by atoms with Crippen molar-refractivity contribution in [1.82, 2.24) is 10.2 Å². The molecule has 5 heteroatoms. The number of hydrogen-bond acceptors (Lipinski definition) is 4. The lowest BCUT2D eigenvalue weighted by Gasteiger charge is -2.08. The molecule has 1 heterocycles. The first kappa shape index (κ1) is 11.3. The number of rotatable bonds is 4. The smallest absolute Gasteiger partial charge is 0.233 e. The predicted octanol–water partition coefficient (Wildman–Crippen LogP) is 2.20. The Morgan fingerprint density at radius 3 is 2.65 bits per heavy atom. The van der Waals surface area contributed by atoms with E-state index in [0.717, 1.165) is 11.3 Å². The summed E-state index contributed by atoms with van der Waals surface area (Å²) in [7, 11) is 1.59. The van der Waals surface area contributed by atoms with Gasteiger partial charge in [-0.1, -0.05) is 18.2 Å². The maximum absolute atomic E-state index is 12.5. The molecule has 88 valence electrons. The SMILES string of the molecule is COc1ccccc1COc1ccc(F)nn1. The van der Waals surface area contributed by atoms with Gasteiger partial charge >= 0.3 is 0 Å². The van der Waals surface area contributed by atoms with E-state index in [1.165, 1.54) is 12.1 Å². The van der Waals surface area contributed by atoms with Crippen molar-refractivity contribution in [1.29, 1.82) is 0 Å². The van der Waals surface area contributed by atoms with Crippen LogP contribution < -0.4 is 9.47 Å². The molecule has 1 aromatic carbocycles. The van der Waals surface area contributed by atoms with Gasteiger partial charge in [-0.3, -0.25) is 0 Å². The Balaban J connectivity index is 2.04. The molecule has 0 fully saturated rings. The van der Waals surface area contributed by atoms with Crippen molar-refractivity contribution in [2.24, 2.45) is 0 Å². The lowest BCUT2D eigenvalue weighted by Crippen LogP contribution is -2.00. The highest BCUT2D eigenvalue weighted by molar-refractivity contribution is 5.32. The molecule has 0 radical (unpaired) electrons. The van der Waals surface area contributed by atoms with Crippen LogP contribution in [-0.4, -0.2) is 17.3 Å². The van der Waals surface area contributed by atoms with E-state index in [1.54, 1.807) is 7.11 Å². The minimum Gasteiger partial charge on any atom is -0.496 e. The van der Waals surface area contributed by atoms with Crippen LogP contribution >= 0.6 is 0 Å². The van der Waals surface area contributed by atoms with Gasteiger partial charge in [0.15, 0.2) is 0 Å². The Labute approximate surface area is 98.0 Å². The van der Waals surface area contributed by atoms with Crippen molar-refractivity contribution in [2.75, 3.05) is 7.11 Å². The van der Waals surface area contributed by atoms with Crippen LogP contribution in [0.15, 0.2) is 36.4 Å². The standard InChI is InChI=1S/C12H11FN2O2/c1-16-10-5-3-2-4-9(10)8-17-12-7-6-11(13)14-15-12/h2-7H,8H2,1H3. The van der Waals surface area contributed by atoms with Crippen LogP contribution in [0.2, 0.25) is 0 Å². The van der Waals surface area contributed by atoms with Crippen molar-refractivity contribution >= 4 is 0 Å². The first-order valence-corrected chi connectivity index (χ1v) is 5.03. The summed E-state index contributed by atoms with van der Waals surface area (Å²) in [5, 5.41) is 6.82. The quantitative estimate of drug-likeness (QED) is 0.813. The normalized spacial score (nSPS) is 10.0. The number of benzene rings is 1. The van der Waals surface area contributed by atoms with Gasteiger partial charge in [0.05, 0.1) is 7.11 Å². The van der Waals surface area contributed by atoms with Gasteiger partial charge in [0.1, 0.15) is 12.4 Å². The number of methoxy groups -OCH3 is 1. The molecular formula is C12H11FN2O2. The maximum atomic E-state index is 12.5. The molecule has 17 heavy (non-hydrogen) atoms. The fourth-order valence-corrected chi connectivity index (χ4v) is 1.35. The highest BCUT2D eigenvalue weighted by Gasteiger charge is 2.03. The molecule has 0 atom stereocenters. The topological polar surface area (TPSA) is 44.2 Å². The van der Waals surface area contributed by atoms with E-state index in [-0.39, 0.29) is 5.88 Å². The zero-order chi connectivity index (χ0) is 12.1. The Hall–Kier alpha value is -2.17. The summed E-state index contributed by atoms with van der Waals surface area (Å²) in [6, 6.07) is 10.1. The van der Waals surface area contributed by atoms with Gasteiger partial charge in [-0.15, -0.1) is 10.2 Å². The van der Waals surface area contributed by atoms with Crippen molar-refractivity contribution < 1.29 is 13.9 Å². The zero-order valence-corrected chi connectivity index (χ0v) is 9.26. The van der Waals surface area contributed by atoms with Crippen molar-refractivity contribution in [2.45, 2.75) is 6.61 Å². The number of aromatic nitrogens is 2. The van der Waals surface area contributed by atoms with Crippen molar-refractivity contribution in [3.05, 3.63) is 47.9 Å². The van der Waals surface area contributed by atoms with E-state index < -0.39 is 5.95 Å². The molecule has 0 N–H and O–H groups in total. The van der Waals surface area contributed by atoms with Gasteiger partial charge in [0.25, 0.3) is 0 Å². The van der Waals surface area contributed by atoms with Crippen LogP contribution in [0.25, 0.3) is 0 Å². The van der Waals surface area contributed by atoms with E-state index in [1.807, 2.05) is 24.3 Å².